The van der Waals surface area contributed by atoms with Gasteiger partial charge < -0.3 is 15.5 Å². The van der Waals surface area contributed by atoms with Crippen LogP contribution >= 0.6 is 11.8 Å². The number of anilines is 2. The number of fused-ring (bicyclic) bond motifs is 3. The van der Waals surface area contributed by atoms with Gasteiger partial charge in [-0.3, -0.25) is 0 Å². The zero-order chi connectivity index (χ0) is 23.4. The van der Waals surface area contributed by atoms with E-state index >= 15 is 0 Å². The summed E-state index contributed by atoms with van der Waals surface area (Å²) in [5, 5.41) is 6.43. The van der Waals surface area contributed by atoms with Gasteiger partial charge in [0.25, 0.3) is 0 Å². The Kier molecular flexibility index (Phi) is 5.71. The van der Waals surface area contributed by atoms with E-state index in [1.165, 1.54) is 11.3 Å². The van der Waals surface area contributed by atoms with E-state index in [2.05, 4.69) is 15.5 Å². The lowest BCUT2D eigenvalue weighted by molar-refractivity contribution is -0.141. The summed E-state index contributed by atoms with van der Waals surface area (Å²) in [7, 11) is 0. The first-order chi connectivity index (χ1) is 15.6. The van der Waals surface area contributed by atoms with Gasteiger partial charge in [-0.25, -0.2) is 0 Å². The summed E-state index contributed by atoms with van der Waals surface area (Å²) in [6, 6.07) is 5.92. The van der Waals surface area contributed by atoms with Crippen LogP contribution in [0.5, 0.6) is 0 Å². The molecule has 0 saturated carbocycles. The SMILES string of the molecule is FC(F)(F)c1ccc(C(F)(F)F)c(CNc2cc3c4c(c2)[C@@H]2CNCC[C@@H]2N4CCSC3)c1. The highest BCUT2D eigenvalue weighted by Gasteiger charge is 2.42. The number of rotatable bonds is 3. The summed E-state index contributed by atoms with van der Waals surface area (Å²) in [6.07, 6.45) is -8.41. The molecule has 1 fully saturated rings. The molecular formula is C23H23F6N3S. The van der Waals surface area contributed by atoms with E-state index in [0.717, 1.165) is 43.1 Å². The highest BCUT2D eigenvalue weighted by Crippen LogP contribution is 2.48. The van der Waals surface area contributed by atoms with E-state index in [4.69, 9.17) is 0 Å². The van der Waals surface area contributed by atoms with Crippen LogP contribution in [0.4, 0.5) is 37.7 Å². The predicted molar refractivity (Wildman–Crippen MR) is 118 cm³/mol. The molecule has 0 radical (unpaired) electrons. The van der Waals surface area contributed by atoms with Crippen LogP contribution < -0.4 is 15.5 Å². The molecule has 0 unspecified atom stereocenters. The summed E-state index contributed by atoms with van der Waals surface area (Å²) < 4.78 is 79.8. The Labute approximate surface area is 191 Å². The van der Waals surface area contributed by atoms with Gasteiger partial charge in [0.2, 0.25) is 0 Å². The van der Waals surface area contributed by atoms with Crippen molar-refractivity contribution >= 4 is 23.1 Å². The zero-order valence-electron chi connectivity index (χ0n) is 17.6. The summed E-state index contributed by atoms with van der Waals surface area (Å²) in [4.78, 5) is 2.48. The van der Waals surface area contributed by atoms with Crippen molar-refractivity contribution in [3.8, 4) is 0 Å². The Balaban J connectivity index is 1.48. The third kappa shape index (κ3) is 4.27. The summed E-state index contributed by atoms with van der Waals surface area (Å²) in [5.74, 6) is 2.11. The molecule has 5 rings (SSSR count). The molecule has 33 heavy (non-hydrogen) atoms. The van der Waals surface area contributed by atoms with Crippen LogP contribution in [0.3, 0.4) is 0 Å². The van der Waals surface area contributed by atoms with Crippen LogP contribution in [0.2, 0.25) is 0 Å². The number of thioether (sulfide) groups is 1. The molecule has 2 aromatic rings. The maximum atomic E-state index is 13.5. The topological polar surface area (TPSA) is 27.3 Å². The van der Waals surface area contributed by atoms with Gasteiger partial charge in [0.15, 0.2) is 0 Å². The summed E-state index contributed by atoms with van der Waals surface area (Å²) in [6.45, 7) is 2.42. The fourth-order valence-corrected chi connectivity index (χ4v) is 6.19. The number of piperidine rings is 1. The number of nitrogens with zero attached hydrogens (tertiary/aromatic N) is 1. The lowest BCUT2D eigenvalue weighted by atomic mass is 9.89. The molecule has 2 atom stereocenters. The third-order valence-electron chi connectivity index (χ3n) is 6.71. The molecule has 0 aromatic heterocycles. The number of alkyl halides is 6. The Hall–Kier alpha value is -2.07. The summed E-state index contributed by atoms with van der Waals surface area (Å²) in [5.41, 5.74) is 1.62. The van der Waals surface area contributed by atoms with E-state index in [1.807, 2.05) is 23.9 Å². The monoisotopic (exact) mass is 487 g/mol. The number of hydrogen-bond acceptors (Lipinski definition) is 4. The van der Waals surface area contributed by atoms with Gasteiger partial charge in [-0.1, -0.05) is 0 Å². The van der Waals surface area contributed by atoms with Crippen LogP contribution in [-0.4, -0.2) is 31.4 Å². The molecule has 3 aliphatic rings. The first-order valence-electron chi connectivity index (χ1n) is 10.9. The van der Waals surface area contributed by atoms with E-state index in [1.54, 1.807) is 0 Å². The van der Waals surface area contributed by atoms with E-state index in [-0.39, 0.29) is 6.54 Å². The minimum absolute atomic E-state index is 0.302. The van der Waals surface area contributed by atoms with E-state index in [0.29, 0.717) is 35.8 Å². The molecule has 3 nitrogen and oxygen atoms in total. The van der Waals surface area contributed by atoms with Crippen molar-refractivity contribution in [2.45, 2.75) is 43.0 Å². The first-order valence-corrected chi connectivity index (χ1v) is 12.0. The molecule has 0 spiro atoms. The maximum Gasteiger partial charge on any atom is 0.416 e. The standard InChI is InChI=1S/C23H23F6N3S/c24-22(25,26)15-1-2-19(23(27,28)29)13(7-15)10-31-16-8-14-12-33-6-5-32-20-3-4-30-11-18(20)17(9-16)21(14)32/h1-2,7-9,18,20,30-31H,3-6,10-12H2/t18-,20-/m0/s1. The smallest absolute Gasteiger partial charge is 0.381 e. The van der Waals surface area contributed by atoms with Gasteiger partial charge in [-0.05, 0) is 60.0 Å². The van der Waals surface area contributed by atoms with Crippen LogP contribution in [-0.2, 0) is 24.7 Å². The number of nitrogens with one attached hydrogen (secondary N) is 2. The van der Waals surface area contributed by atoms with Crippen molar-refractivity contribution < 1.29 is 26.3 Å². The minimum atomic E-state index is -4.74. The molecule has 0 amide bonds. The Morgan fingerprint density at radius 2 is 1.88 bits per heavy atom. The normalized spacial score (nSPS) is 22.5. The fourth-order valence-electron chi connectivity index (χ4n) is 5.28. The van der Waals surface area contributed by atoms with Crippen LogP contribution in [0.1, 0.15) is 40.2 Å². The minimum Gasteiger partial charge on any atom is -0.381 e. The van der Waals surface area contributed by atoms with Crippen molar-refractivity contribution in [3.63, 3.8) is 0 Å². The molecular weight excluding hydrogens is 464 g/mol. The van der Waals surface area contributed by atoms with E-state index in [9.17, 15) is 26.3 Å². The Morgan fingerprint density at radius 1 is 1.06 bits per heavy atom. The van der Waals surface area contributed by atoms with Crippen molar-refractivity contribution in [2.75, 3.05) is 35.6 Å². The predicted octanol–water partition coefficient (Wildman–Crippen LogP) is 5.85. The third-order valence-corrected chi connectivity index (χ3v) is 7.69. The van der Waals surface area contributed by atoms with Crippen molar-refractivity contribution in [1.29, 1.82) is 0 Å². The number of benzene rings is 2. The molecule has 3 aliphatic heterocycles. The number of hydrogen-bond donors (Lipinski definition) is 2. The molecule has 2 N–H and O–H groups in total. The largest absolute Gasteiger partial charge is 0.416 e. The highest BCUT2D eigenvalue weighted by molar-refractivity contribution is 7.98. The number of halogens is 6. The van der Waals surface area contributed by atoms with Gasteiger partial charge in [0.05, 0.1) is 11.1 Å². The average Bonchev–Trinajstić information content (AvgIpc) is 2.92. The molecule has 3 heterocycles. The Morgan fingerprint density at radius 3 is 2.64 bits per heavy atom. The second-order valence-electron chi connectivity index (χ2n) is 8.71. The quantitative estimate of drug-likeness (QED) is 0.532. The molecule has 0 aliphatic carbocycles. The molecule has 0 bridgehead atoms. The molecule has 178 valence electrons. The second-order valence-corrected chi connectivity index (χ2v) is 9.81. The molecule has 2 aromatic carbocycles. The van der Waals surface area contributed by atoms with Gasteiger partial charge in [-0.2, -0.15) is 38.1 Å². The van der Waals surface area contributed by atoms with Crippen LogP contribution in [0, 0.1) is 0 Å². The van der Waals surface area contributed by atoms with Crippen molar-refractivity contribution in [3.05, 3.63) is 58.1 Å². The molecule has 10 heteroatoms. The second kappa shape index (κ2) is 8.30. The van der Waals surface area contributed by atoms with Crippen molar-refractivity contribution in [2.24, 2.45) is 0 Å². The average molecular weight is 488 g/mol. The maximum absolute atomic E-state index is 13.5. The summed E-state index contributed by atoms with van der Waals surface area (Å²) >= 11 is 1.82. The highest BCUT2D eigenvalue weighted by atomic mass is 32.2. The fraction of sp³-hybridized carbons (Fsp3) is 0.478. The van der Waals surface area contributed by atoms with Gasteiger partial charge in [0.1, 0.15) is 0 Å². The molecule has 1 saturated heterocycles. The van der Waals surface area contributed by atoms with Crippen LogP contribution in [0.25, 0.3) is 0 Å². The van der Waals surface area contributed by atoms with E-state index < -0.39 is 29.0 Å². The van der Waals surface area contributed by atoms with Gasteiger partial charge >= 0.3 is 12.4 Å². The van der Waals surface area contributed by atoms with Crippen molar-refractivity contribution in [1.82, 2.24) is 5.32 Å². The van der Waals surface area contributed by atoms with Gasteiger partial charge in [0, 0.05) is 54.5 Å². The van der Waals surface area contributed by atoms with Gasteiger partial charge in [-0.15, -0.1) is 0 Å². The zero-order valence-corrected chi connectivity index (χ0v) is 18.4. The lowest BCUT2D eigenvalue weighted by Gasteiger charge is -2.33. The van der Waals surface area contributed by atoms with Crippen LogP contribution in [0.15, 0.2) is 30.3 Å². The lowest BCUT2D eigenvalue weighted by Crippen LogP contribution is -2.44. The first kappa shape index (κ1) is 22.7. The Bertz CT molecular complexity index is 1050.